The van der Waals surface area contributed by atoms with Crippen molar-refractivity contribution in [2.24, 2.45) is 0 Å². The molecule has 2 nitrogen and oxygen atoms in total. The third-order valence-corrected chi connectivity index (χ3v) is 7.72. The van der Waals surface area contributed by atoms with E-state index in [0.717, 1.165) is 12.2 Å². The Kier molecular flexibility index (Phi) is 5.81. The molecule has 0 radical (unpaired) electrons. The van der Waals surface area contributed by atoms with E-state index in [1.165, 1.54) is 17.3 Å². The second kappa shape index (κ2) is 6.02. The van der Waals surface area contributed by atoms with Gasteiger partial charge in [0.05, 0.1) is 16.1 Å². The van der Waals surface area contributed by atoms with Crippen molar-refractivity contribution < 1.29 is 9.53 Å². The van der Waals surface area contributed by atoms with Crippen LogP contribution in [0, 0.1) is 0 Å². The van der Waals surface area contributed by atoms with E-state index in [0.29, 0.717) is 0 Å². The fourth-order valence-electron chi connectivity index (χ4n) is 1.67. The summed E-state index contributed by atoms with van der Waals surface area (Å²) in [6, 6.07) is 0. The Morgan fingerprint density at radius 3 is 1.72 bits per heavy atom. The molecule has 104 valence electrons. The molecule has 0 rings (SSSR count). The Labute approximate surface area is 114 Å². The lowest BCUT2D eigenvalue weighted by Crippen LogP contribution is -2.31. The van der Waals surface area contributed by atoms with Crippen molar-refractivity contribution >= 4 is 22.1 Å². The summed E-state index contributed by atoms with van der Waals surface area (Å²) < 4.78 is 5.30. The van der Waals surface area contributed by atoms with Crippen molar-refractivity contribution in [3.8, 4) is 0 Å². The van der Waals surface area contributed by atoms with Gasteiger partial charge in [-0.2, -0.15) is 0 Å². The van der Waals surface area contributed by atoms with Gasteiger partial charge in [-0.05, 0) is 18.5 Å². The van der Waals surface area contributed by atoms with Crippen LogP contribution in [-0.4, -0.2) is 22.1 Å². The fraction of sp³-hybridized carbons (Fsp3) is 0.643. The molecule has 0 fully saturated rings. The van der Waals surface area contributed by atoms with Gasteiger partial charge < -0.3 is 4.74 Å². The van der Waals surface area contributed by atoms with Crippen molar-refractivity contribution in [3.05, 3.63) is 22.7 Å². The molecule has 0 amide bonds. The highest BCUT2D eigenvalue weighted by Crippen LogP contribution is 2.29. The van der Waals surface area contributed by atoms with E-state index in [1.54, 1.807) is 0 Å². The minimum Gasteiger partial charge on any atom is -0.432 e. The SMILES string of the molecule is C=C(C/C(=C(\C)OC(C)=O)[Si](C)(C)C)[Si](C)(C)C. The number of carbonyl (C=O) groups excluding carboxylic acids is 1. The number of carbonyl (C=O) groups is 1. The molecule has 0 unspecified atom stereocenters. The first-order valence-corrected chi connectivity index (χ1v) is 13.4. The van der Waals surface area contributed by atoms with Crippen LogP contribution in [0.3, 0.4) is 0 Å². The standard InChI is InChI=1S/C14H28O2Si2/c1-11(17(4,5)6)10-14(18(7,8)9)12(2)16-13(3)15/h1,10H2,2-9H3/b14-12-. The Bertz CT molecular complexity index is 368. The number of allylic oxidation sites excluding steroid dienone is 3. The van der Waals surface area contributed by atoms with Crippen molar-refractivity contribution in [3.63, 3.8) is 0 Å². The number of esters is 1. The molecule has 0 spiro atoms. The average Bonchev–Trinajstić information content (AvgIpc) is 2.08. The lowest BCUT2D eigenvalue weighted by Gasteiger charge is -2.28. The van der Waals surface area contributed by atoms with Crippen LogP contribution in [0.2, 0.25) is 39.3 Å². The fourth-order valence-corrected chi connectivity index (χ4v) is 4.41. The summed E-state index contributed by atoms with van der Waals surface area (Å²) in [6.45, 7) is 21.4. The molecule has 0 bridgehead atoms. The molecular weight excluding hydrogens is 256 g/mol. The van der Waals surface area contributed by atoms with Crippen LogP contribution in [-0.2, 0) is 9.53 Å². The molecule has 0 N–H and O–H groups in total. The molecular formula is C14H28O2Si2. The van der Waals surface area contributed by atoms with Gasteiger partial charge in [0.2, 0.25) is 0 Å². The zero-order valence-corrected chi connectivity index (χ0v) is 15.2. The largest absolute Gasteiger partial charge is 0.432 e. The molecule has 0 aliphatic rings. The average molecular weight is 285 g/mol. The molecule has 0 aliphatic carbocycles. The zero-order chi connectivity index (χ0) is 14.7. The maximum absolute atomic E-state index is 11.1. The topological polar surface area (TPSA) is 26.3 Å². The third kappa shape index (κ3) is 5.82. The molecule has 0 aliphatic heterocycles. The highest BCUT2D eigenvalue weighted by atomic mass is 28.3. The van der Waals surface area contributed by atoms with E-state index in [2.05, 4.69) is 45.9 Å². The summed E-state index contributed by atoms with van der Waals surface area (Å²) in [5.41, 5.74) is 0. The van der Waals surface area contributed by atoms with E-state index in [9.17, 15) is 4.79 Å². The van der Waals surface area contributed by atoms with Gasteiger partial charge in [0.1, 0.15) is 5.76 Å². The van der Waals surface area contributed by atoms with Crippen molar-refractivity contribution in [2.75, 3.05) is 0 Å². The summed E-state index contributed by atoms with van der Waals surface area (Å²) in [5.74, 6) is 0.558. The first-order valence-electron chi connectivity index (χ1n) is 6.42. The van der Waals surface area contributed by atoms with E-state index >= 15 is 0 Å². The summed E-state index contributed by atoms with van der Waals surface area (Å²) in [5, 5.41) is 2.64. The number of ether oxygens (including phenoxy) is 1. The molecule has 18 heavy (non-hydrogen) atoms. The van der Waals surface area contributed by atoms with Crippen LogP contribution in [0.4, 0.5) is 0 Å². The molecule has 0 aromatic heterocycles. The van der Waals surface area contributed by atoms with Crippen molar-refractivity contribution in [1.82, 2.24) is 0 Å². The minimum absolute atomic E-state index is 0.234. The quantitative estimate of drug-likeness (QED) is 0.421. The smallest absolute Gasteiger partial charge is 0.307 e. The molecule has 0 aromatic carbocycles. The van der Waals surface area contributed by atoms with Gasteiger partial charge >= 0.3 is 5.97 Å². The van der Waals surface area contributed by atoms with Gasteiger partial charge in [0, 0.05) is 6.92 Å². The van der Waals surface area contributed by atoms with Gasteiger partial charge in [0.25, 0.3) is 0 Å². The maximum atomic E-state index is 11.1. The van der Waals surface area contributed by atoms with Crippen LogP contribution >= 0.6 is 0 Å². The maximum Gasteiger partial charge on any atom is 0.307 e. The Morgan fingerprint density at radius 1 is 1.00 bits per heavy atom. The monoisotopic (exact) mass is 284 g/mol. The van der Waals surface area contributed by atoms with E-state index in [1.807, 2.05) is 6.92 Å². The second-order valence-corrected chi connectivity index (χ2v) is 17.2. The van der Waals surface area contributed by atoms with Gasteiger partial charge in [-0.1, -0.05) is 44.5 Å². The second-order valence-electron chi connectivity index (χ2n) is 6.91. The Morgan fingerprint density at radius 2 is 1.44 bits per heavy atom. The lowest BCUT2D eigenvalue weighted by atomic mass is 10.3. The molecule has 0 saturated carbocycles. The van der Waals surface area contributed by atoms with E-state index in [4.69, 9.17) is 4.74 Å². The highest BCUT2D eigenvalue weighted by molar-refractivity contribution is 6.85. The molecule has 0 aromatic rings. The Balaban J connectivity index is 5.29. The van der Waals surface area contributed by atoms with Crippen LogP contribution < -0.4 is 0 Å². The number of hydrogen-bond acceptors (Lipinski definition) is 2. The normalized spacial score (nSPS) is 14.0. The molecule has 4 heteroatoms. The number of hydrogen-bond donors (Lipinski definition) is 0. The van der Waals surface area contributed by atoms with Gasteiger partial charge in [-0.15, -0.1) is 6.58 Å². The predicted molar refractivity (Wildman–Crippen MR) is 84.9 cm³/mol. The zero-order valence-electron chi connectivity index (χ0n) is 13.2. The van der Waals surface area contributed by atoms with Crippen LogP contribution in [0.15, 0.2) is 22.7 Å². The summed E-state index contributed by atoms with van der Waals surface area (Å²) in [6.07, 6.45) is 0.893. The lowest BCUT2D eigenvalue weighted by molar-refractivity contribution is -0.136. The summed E-state index contributed by atoms with van der Waals surface area (Å²) in [4.78, 5) is 11.1. The van der Waals surface area contributed by atoms with Gasteiger partial charge in [0.15, 0.2) is 0 Å². The van der Waals surface area contributed by atoms with Gasteiger partial charge in [-0.25, -0.2) is 0 Å². The summed E-state index contributed by atoms with van der Waals surface area (Å²) in [7, 11) is -2.83. The van der Waals surface area contributed by atoms with Crippen molar-refractivity contribution in [2.45, 2.75) is 59.6 Å². The van der Waals surface area contributed by atoms with Crippen LogP contribution in [0.1, 0.15) is 20.3 Å². The molecule has 0 atom stereocenters. The third-order valence-electron chi connectivity index (χ3n) is 3.08. The molecule has 0 heterocycles. The van der Waals surface area contributed by atoms with E-state index in [-0.39, 0.29) is 5.97 Å². The molecule has 0 saturated heterocycles. The minimum atomic E-state index is -1.49. The summed E-state index contributed by atoms with van der Waals surface area (Å²) >= 11 is 0. The van der Waals surface area contributed by atoms with Gasteiger partial charge in [-0.3, -0.25) is 4.79 Å². The van der Waals surface area contributed by atoms with Crippen LogP contribution in [0.5, 0.6) is 0 Å². The highest BCUT2D eigenvalue weighted by Gasteiger charge is 2.27. The Hall–Kier alpha value is -0.616. The first-order chi connectivity index (χ1) is 7.85. The predicted octanol–water partition coefficient (Wildman–Crippen LogP) is 4.52. The number of rotatable bonds is 5. The van der Waals surface area contributed by atoms with Crippen LogP contribution in [0.25, 0.3) is 0 Å². The van der Waals surface area contributed by atoms with Crippen molar-refractivity contribution in [1.29, 1.82) is 0 Å². The van der Waals surface area contributed by atoms with E-state index < -0.39 is 16.1 Å². The first kappa shape index (κ1) is 17.4.